The fourth-order valence-electron chi connectivity index (χ4n) is 3.91. The van der Waals surface area contributed by atoms with E-state index in [0.717, 1.165) is 5.56 Å². The van der Waals surface area contributed by atoms with Gasteiger partial charge in [-0.15, -0.1) is 0 Å². The van der Waals surface area contributed by atoms with E-state index in [2.05, 4.69) is 0 Å². The molecule has 4 aromatic carbocycles. The number of hydrogen-bond acceptors (Lipinski definition) is 3. The van der Waals surface area contributed by atoms with Gasteiger partial charge in [0.25, 0.3) is 0 Å². The highest BCUT2D eigenvalue weighted by molar-refractivity contribution is 5.91. The van der Waals surface area contributed by atoms with Gasteiger partial charge < -0.3 is 9.47 Å². The third-order valence-corrected chi connectivity index (χ3v) is 5.82. The molecule has 0 saturated heterocycles. The highest BCUT2D eigenvalue weighted by Gasteiger charge is 2.17. The molecular formula is C30H26F2O3. The Balaban J connectivity index is 1.46. The molecule has 0 radical (unpaired) electrons. The van der Waals surface area contributed by atoms with Gasteiger partial charge in [-0.05, 0) is 84.5 Å². The van der Waals surface area contributed by atoms with Crippen molar-refractivity contribution in [2.75, 3.05) is 6.61 Å². The summed E-state index contributed by atoms with van der Waals surface area (Å²) in [6, 6.07) is 25.5. The average Bonchev–Trinajstić information content (AvgIpc) is 2.88. The summed E-state index contributed by atoms with van der Waals surface area (Å²) in [5.74, 6) is -0.623. The predicted molar refractivity (Wildman–Crippen MR) is 133 cm³/mol. The lowest BCUT2D eigenvalue weighted by Gasteiger charge is -2.14. The van der Waals surface area contributed by atoms with Gasteiger partial charge in [-0.25, -0.2) is 13.6 Å². The summed E-state index contributed by atoms with van der Waals surface area (Å²) in [5, 5.41) is 0. The fraction of sp³-hybridized carbons (Fsp3) is 0.167. The van der Waals surface area contributed by atoms with Crippen molar-refractivity contribution in [3.05, 3.63) is 119 Å². The van der Waals surface area contributed by atoms with E-state index in [1.165, 1.54) is 12.1 Å². The molecule has 5 heteroatoms. The van der Waals surface area contributed by atoms with Crippen molar-refractivity contribution < 1.29 is 23.0 Å². The highest BCUT2D eigenvalue weighted by Crippen LogP contribution is 2.29. The smallest absolute Gasteiger partial charge is 0.343 e. The van der Waals surface area contributed by atoms with Crippen LogP contribution in [0.3, 0.4) is 0 Å². The van der Waals surface area contributed by atoms with Gasteiger partial charge in [-0.1, -0.05) is 49.4 Å². The first kappa shape index (κ1) is 24.1. The van der Waals surface area contributed by atoms with Crippen LogP contribution in [-0.4, -0.2) is 12.6 Å². The van der Waals surface area contributed by atoms with Gasteiger partial charge in [-0.3, -0.25) is 0 Å². The molecule has 0 fully saturated rings. The second-order valence-electron chi connectivity index (χ2n) is 8.31. The van der Waals surface area contributed by atoms with Gasteiger partial charge in [0.1, 0.15) is 23.1 Å². The predicted octanol–water partition coefficient (Wildman–Crippen LogP) is 7.60. The molecule has 0 aliphatic rings. The van der Waals surface area contributed by atoms with Crippen LogP contribution >= 0.6 is 0 Å². The molecule has 0 aliphatic carbocycles. The van der Waals surface area contributed by atoms with Crippen LogP contribution in [0, 0.1) is 11.6 Å². The minimum absolute atomic E-state index is 0.0216. The Morgan fingerprint density at radius 1 is 0.800 bits per heavy atom. The second kappa shape index (κ2) is 11.0. The van der Waals surface area contributed by atoms with Gasteiger partial charge in [0.15, 0.2) is 0 Å². The van der Waals surface area contributed by atoms with Gasteiger partial charge in [-0.2, -0.15) is 0 Å². The number of ether oxygens (including phenoxy) is 2. The number of hydrogen-bond donors (Lipinski definition) is 0. The molecule has 35 heavy (non-hydrogen) atoms. The highest BCUT2D eigenvalue weighted by atomic mass is 19.1. The molecule has 0 N–H and O–H groups in total. The minimum Gasteiger partial charge on any atom is -0.494 e. The summed E-state index contributed by atoms with van der Waals surface area (Å²) >= 11 is 0. The molecule has 3 nitrogen and oxygen atoms in total. The zero-order valence-electron chi connectivity index (χ0n) is 19.6. The summed E-state index contributed by atoms with van der Waals surface area (Å²) in [6.07, 6.45) is 0.262. The topological polar surface area (TPSA) is 35.5 Å². The SMILES string of the molecule is CCOc1ccc(OC(=O)c2ccc(-c3cc(F)c(CC(C)c4ccccc4)c(F)c3)cc2)cc1. The lowest BCUT2D eigenvalue weighted by Crippen LogP contribution is -2.08. The molecule has 4 rings (SSSR count). The van der Waals surface area contributed by atoms with E-state index < -0.39 is 17.6 Å². The Morgan fingerprint density at radius 2 is 1.40 bits per heavy atom. The van der Waals surface area contributed by atoms with Crippen molar-refractivity contribution in [1.82, 2.24) is 0 Å². The van der Waals surface area contributed by atoms with Crippen LogP contribution in [0.15, 0.2) is 91.0 Å². The van der Waals surface area contributed by atoms with Gasteiger partial charge in [0, 0.05) is 5.56 Å². The molecule has 1 unspecified atom stereocenters. The third-order valence-electron chi connectivity index (χ3n) is 5.82. The third kappa shape index (κ3) is 5.93. The van der Waals surface area contributed by atoms with E-state index in [9.17, 15) is 13.6 Å². The molecule has 0 spiro atoms. The van der Waals surface area contributed by atoms with Crippen LogP contribution < -0.4 is 9.47 Å². The first-order chi connectivity index (χ1) is 16.9. The zero-order chi connectivity index (χ0) is 24.8. The van der Waals surface area contributed by atoms with Crippen molar-refractivity contribution in [3.63, 3.8) is 0 Å². The molecule has 4 aromatic rings. The van der Waals surface area contributed by atoms with Crippen LogP contribution in [0.1, 0.15) is 41.3 Å². The molecule has 0 heterocycles. The number of benzene rings is 4. The van der Waals surface area contributed by atoms with Crippen LogP contribution in [0.4, 0.5) is 8.78 Å². The summed E-state index contributed by atoms with van der Waals surface area (Å²) in [4.78, 5) is 12.5. The van der Waals surface area contributed by atoms with Crippen molar-refractivity contribution in [2.24, 2.45) is 0 Å². The van der Waals surface area contributed by atoms with Crippen molar-refractivity contribution in [1.29, 1.82) is 0 Å². The maximum Gasteiger partial charge on any atom is 0.343 e. The average molecular weight is 473 g/mol. The zero-order valence-corrected chi connectivity index (χ0v) is 19.6. The lowest BCUT2D eigenvalue weighted by molar-refractivity contribution is 0.0734. The number of halogens is 2. The Morgan fingerprint density at radius 3 is 2.00 bits per heavy atom. The number of esters is 1. The van der Waals surface area contributed by atoms with E-state index in [1.807, 2.05) is 44.2 Å². The summed E-state index contributed by atoms with van der Waals surface area (Å²) in [6.45, 7) is 4.39. The molecule has 0 aliphatic heterocycles. The minimum atomic E-state index is -0.582. The Hall–Kier alpha value is -3.99. The second-order valence-corrected chi connectivity index (χ2v) is 8.31. The summed E-state index contributed by atoms with van der Waals surface area (Å²) in [7, 11) is 0. The van der Waals surface area contributed by atoms with Gasteiger partial charge in [0.2, 0.25) is 0 Å². The molecule has 178 valence electrons. The molecule has 0 bridgehead atoms. The maximum atomic E-state index is 14.9. The number of carbonyl (C=O) groups excluding carboxylic acids is 1. The van der Waals surface area contributed by atoms with Crippen molar-refractivity contribution in [2.45, 2.75) is 26.2 Å². The van der Waals surface area contributed by atoms with Crippen molar-refractivity contribution in [3.8, 4) is 22.6 Å². The first-order valence-electron chi connectivity index (χ1n) is 11.5. The Bertz CT molecular complexity index is 1260. The van der Waals surface area contributed by atoms with Crippen LogP contribution in [-0.2, 0) is 6.42 Å². The van der Waals surface area contributed by atoms with Crippen molar-refractivity contribution >= 4 is 5.97 Å². The van der Waals surface area contributed by atoms with E-state index >= 15 is 0 Å². The van der Waals surface area contributed by atoms with E-state index in [0.29, 0.717) is 34.8 Å². The standard InChI is InChI=1S/C30H26F2O3/c1-3-34-25-13-15-26(16-14-25)35-30(33)23-11-9-22(10-12-23)24-18-28(31)27(29(32)19-24)17-20(2)21-7-5-4-6-8-21/h4-16,18-20H,3,17H2,1-2H3. The van der Waals surface area contributed by atoms with Gasteiger partial charge in [0.05, 0.1) is 12.2 Å². The molecule has 1 atom stereocenters. The molecule has 0 saturated carbocycles. The summed E-state index contributed by atoms with van der Waals surface area (Å²) in [5.41, 5.74) is 2.44. The normalized spacial score (nSPS) is 11.7. The van der Waals surface area contributed by atoms with E-state index in [4.69, 9.17) is 9.47 Å². The van der Waals surface area contributed by atoms with Crippen LogP contribution in [0.2, 0.25) is 0 Å². The fourth-order valence-corrected chi connectivity index (χ4v) is 3.91. The Labute approximate surface area is 204 Å². The van der Waals surface area contributed by atoms with E-state index in [-0.39, 0.29) is 17.9 Å². The van der Waals surface area contributed by atoms with Gasteiger partial charge >= 0.3 is 5.97 Å². The van der Waals surface area contributed by atoms with Crippen LogP contribution in [0.25, 0.3) is 11.1 Å². The monoisotopic (exact) mass is 472 g/mol. The number of carbonyl (C=O) groups is 1. The van der Waals surface area contributed by atoms with E-state index in [1.54, 1.807) is 48.5 Å². The molecule has 0 amide bonds. The number of rotatable bonds is 8. The quantitative estimate of drug-likeness (QED) is 0.196. The van der Waals surface area contributed by atoms with Crippen LogP contribution in [0.5, 0.6) is 11.5 Å². The molecule has 0 aromatic heterocycles. The lowest BCUT2D eigenvalue weighted by atomic mass is 9.92. The summed E-state index contributed by atoms with van der Waals surface area (Å²) < 4.78 is 40.5. The maximum absolute atomic E-state index is 14.9. The Kier molecular flexibility index (Phi) is 7.56. The largest absolute Gasteiger partial charge is 0.494 e. The first-order valence-corrected chi connectivity index (χ1v) is 11.5. The molecular weight excluding hydrogens is 446 g/mol.